The normalized spacial score (nSPS) is 28.9. The number of carbonyl (C=O) groups excluding carboxylic acids is 1. The molecule has 1 aromatic heterocycles. The van der Waals surface area contributed by atoms with Crippen LogP contribution in [0.5, 0.6) is 0 Å². The van der Waals surface area contributed by atoms with E-state index in [1.807, 2.05) is 12.3 Å². The second kappa shape index (κ2) is 5.79. The minimum Gasteiger partial charge on any atom is -0.311 e. The molecule has 5 nitrogen and oxygen atoms in total. The van der Waals surface area contributed by atoms with Gasteiger partial charge in [-0.2, -0.15) is 0 Å². The van der Waals surface area contributed by atoms with E-state index in [1.165, 1.54) is 24.2 Å². The predicted molar refractivity (Wildman–Crippen MR) is 81.1 cm³/mol. The van der Waals surface area contributed by atoms with Gasteiger partial charge in [0.2, 0.25) is 5.91 Å². The molecule has 2 unspecified atom stereocenters. The number of hydrogen-bond donors (Lipinski definition) is 2. The average Bonchev–Trinajstić information content (AvgIpc) is 2.95. The number of carbonyl (C=O) groups is 1. The molecule has 1 amide bonds. The van der Waals surface area contributed by atoms with Gasteiger partial charge in [0.05, 0.1) is 12.2 Å². The van der Waals surface area contributed by atoms with Crippen molar-refractivity contribution in [1.29, 1.82) is 0 Å². The average molecular weight is 294 g/mol. The largest absolute Gasteiger partial charge is 0.311 e. The van der Waals surface area contributed by atoms with E-state index < -0.39 is 0 Å². The highest BCUT2D eigenvalue weighted by atomic mass is 32.1. The van der Waals surface area contributed by atoms with E-state index in [2.05, 4.69) is 27.6 Å². The summed E-state index contributed by atoms with van der Waals surface area (Å²) < 4.78 is 0. The maximum Gasteiger partial charge on any atom is 0.240 e. The lowest BCUT2D eigenvalue weighted by atomic mass is 9.98. The number of fused-ring (bicyclic) bond motifs is 2. The Bertz CT molecular complexity index is 477. The Balaban J connectivity index is 1.50. The van der Waals surface area contributed by atoms with Gasteiger partial charge < -0.3 is 10.6 Å². The van der Waals surface area contributed by atoms with Gasteiger partial charge in [0.1, 0.15) is 0 Å². The summed E-state index contributed by atoms with van der Waals surface area (Å²) in [6.45, 7) is 2.38. The number of rotatable bonds is 4. The molecule has 2 fully saturated rings. The molecule has 20 heavy (non-hydrogen) atoms. The number of amides is 1. The van der Waals surface area contributed by atoms with E-state index in [-0.39, 0.29) is 5.91 Å². The lowest BCUT2D eigenvalue weighted by Gasteiger charge is -2.35. The van der Waals surface area contributed by atoms with E-state index in [9.17, 15) is 4.79 Å². The molecule has 2 aliphatic rings. The molecule has 2 bridgehead atoms. The molecule has 2 saturated heterocycles. The lowest BCUT2D eigenvalue weighted by Crippen LogP contribution is -2.48. The number of piperidine rings is 1. The third kappa shape index (κ3) is 3.19. The number of anilines is 1. The predicted octanol–water partition coefficient (Wildman–Crippen LogP) is 1.60. The summed E-state index contributed by atoms with van der Waals surface area (Å²) in [5.41, 5.74) is 0.952. The third-order valence-electron chi connectivity index (χ3n) is 4.33. The summed E-state index contributed by atoms with van der Waals surface area (Å²) in [5.74, 6) is 0.0349. The first-order chi connectivity index (χ1) is 9.60. The van der Waals surface area contributed by atoms with Crippen LogP contribution in [0.25, 0.3) is 0 Å². The summed E-state index contributed by atoms with van der Waals surface area (Å²) in [4.78, 5) is 18.5. The zero-order chi connectivity index (χ0) is 14.1. The Morgan fingerprint density at radius 3 is 2.80 bits per heavy atom. The summed E-state index contributed by atoms with van der Waals surface area (Å²) in [6, 6.07) is 1.84. The minimum atomic E-state index is 0.0349. The molecule has 2 aliphatic heterocycles. The van der Waals surface area contributed by atoms with E-state index >= 15 is 0 Å². The van der Waals surface area contributed by atoms with Crippen LogP contribution in [-0.4, -0.2) is 47.5 Å². The number of likely N-dealkylation sites (N-methyl/N-ethyl adjacent to an activating group) is 1. The van der Waals surface area contributed by atoms with E-state index in [1.54, 1.807) is 0 Å². The van der Waals surface area contributed by atoms with E-state index in [0.717, 1.165) is 18.5 Å². The molecule has 6 heteroatoms. The second-order valence-corrected chi connectivity index (χ2v) is 6.88. The topological polar surface area (TPSA) is 57.3 Å². The molecule has 0 saturated carbocycles. The highest BCUT2D eigenvalue weighted by Gasteiger charge is 2.35. The van der Waals surface area contributed by atoms with Crippen LogP contribution >= 0.6 is 11.3 Å². The first-order valence-electron chi connectivity index (χ1n) is 7.28. The van der Waals surface area contributed by atoms with Gasteiger partial charge in [0.25, 0.3) is 0 Å². The molecular weight excluding hydrogens is 272 g/mol. The van der Waals surface area contributed by atoms with Gasteiger partial charge in [-0.3, -0.25) is 9.69 Å². The number of aryl methyl sites for hydroxylation is 1. The third-order valence-corrected chi connectivity index (χ3v) is 5.21. The van der Waals surface area contributed by atoms with Crippen LogP contribution < -0.4 is 10.6 Å². The van der Waals surface area contributed by atoms with Crippen molar-refractivity contribution in [2.45, 2.75) is 50.7 Å². The van der Waals surface area contributed by atoms with Crippen molar-refractivity contribution in [3.05, 3.63) is 11.1 Å². The first-order valence-corrected chi connectivity index (χ1v) is 8.16. The van der Waals surface area contributed by atoms with Crippen molar-refractivity contribution < 1.29 is 4.79 Å². The van der Waals surface area contributed by atoms with Crippen molar-refractivity contribution in [2.75, 3.05) is 18.9 Å². The van der Waals surface area contributed by atoms with Gasteiger partial charge in [-0.25, -0.2) is 4.98 Å². The smallest absolute Gasteiger partial charge is 0.240 e. The minimum absolute atomic E-state index is 0.0349. The van der Waals surface area contributed by atoms with Crippen LogP contribution in [0.3, 0.4) is 0 Å². The zero-order valence-electron chi connectivity index (χ0n) is 12.1. The zero-order valence-corrected chi connectivity index (χ0v) is 12.9. The molecule has 1 aromatic rings. The SMILES string of the molecule is Cc1csc(NC(=O)CN(C)C2CC3CCC(C2)N3)n1. The number of hydrogen-bond acceptors (Lipinski definition) is 5. The number of nitrogens with zero attached hydrogens (tertiary/aromatic N) is 2. The molecule has 3 rings (SSSR count). The summed E-state index contributed by atoms with van der Waals surface area (Å²) >= 11 is 1.48. The van der Waals surface area contributed by atoms with Crippen LogP contribution in [0.4, 0.5) is 5.13 Å². The number of nitrogens with one attached hydrogen (secondary N) is 2. The van der Waals surface area contributed by atoms with Gasteiger partial charge in [-0.15, -0.1) is 11.3 Å². The molecule has 2 atom stereocenters. The molecule has 110 valence electrons. The second-order valence-electron chi connectivity index (χ2n) is 6.02. The fraction of sp³-hybridized carbons (Fsp3) is 0.714. The van der Waals surface area contributed by atoms with Crippen LogP contribution in [0.1, 0.15) is 31.4 Å². The highest BCUT2D eigenvalue weighted by Crippen LogP contribution is 2.29. The van der Waals surface area contributed by atoms with Gasteiger partial charge in [0.15, 0.2) is 5.13 Å². The number of aromatic nitrogens is 1. The first kappa shape index (κ1) is 14.0. The van der Waals surface area contributed by atoms with E-state index in [4.69, 9.17) is 0 Å². The molecule has 2 N–H and O–H groups in total. The van der Waals surface area contributed by atoms with Crippen molar-refractivity contribution in [3.8, 4) is 0 Å². The monoisotopic (exact) mass is 294 g/mol. The van der Waals surface area contributed by atoms with Crippen molar-refractivity contribution >= 4 is 22.4 Å². The Morgan fingerprint density at radius 2 is 2.20 bits per heavy atom. The van der Waals surface area contributed by atoms with Crippen molar-refractivity contribution in [3.63, 3.8) is 0 Å². The summed E-state index contributed by atoms with van der Waals surface area (Å²) in [5, 5.41) is 9.17. The molecule has 3 heterocycles. The summed E-state index contributed by atoms with van der Waals surface area (Å²) in [7, 11) is 2.06. The lowest BCUT2D eigenvalue weighted by molar-refractivity contribution is -0.117. The van der Waals surface area contributed by atoms with Gasteiger partial charge >= 0.3 is 0 Å². The van der Waals surface area contributed by atoms with Crippen LogP contribution in [0.15, 0.2) is 5.38 Å². The Labute approximate surface area is 123 Å². The molecule has 0 spiro atoms. The summed E-state index contributed by atoms with van der Waals surface area (Å²) in [6.07, 6.45) is 4.91. The van der Waals surface area contributed by atoms with Crippen molar-refractivity contribution in [2.24, 2.45) is 0 Å². The van der Waals surface area contributed by atoms with E-state index in [0.29, 0.717) is 29.8 Å². The van der Waals surface area contributed by atoms with Crippen molar-refractivity contribution in [1.82, 2.24) is 15.2 Å². The maximum atomic E-state index is 12.1. The van der Waals surface area contributed by atoms with Crippen LogP contribution in [0.2, 0.25) is 0 Å². The Kier molecular flexibility index (Phi) is 4.05. The number of thiazole rings is 1. The highest BCUT2D eigenvalue weighted by molar-refractivity contribution is 7.13. The fourth-order valence-electron chi connectivity index (χ4n) is 3.31. The molecular formula is C14H22N4OS. The molecule has 0 radical (unpaired) electrons. The fourth-order valence-corrected chi connectivity index (χ4v) is 4.02. The molecule has 0 aliphatic carbocycles. The molecule has 0 aromatic carbocycles. The van der Waals surface area contributed by atoms with Crippen LogP contribution in [-0.2, 0) is 4.79 Å². The standard InChI is InChI=1S/C14H22N4OS/c1-9-8-20-14(15-9)17-13(19)7-18(2)12-5-10-3-4-11(6-12)16-10/h8,10-12,16H,3-7H2,1-2H3,(H,15,17,19). The van der Waals surface area contributed by atoms with Gasteiger partial charge in [-0.1, -0.05) is 0 Å². The quantitative estimate of drug-likeness (QED) is 0.886. The maximum absolute atomic E-state index is 12.1. The Morgan fingerprint density at radius 1 is 1.50 bits per heavy atom. The van der Waals surface area contributed by atoms with Crippen LogP contribution in [0, 0.1) is 6.92 Å². The van der Waals surface area contributed by atoms with Gasteiger partial charge in [0, 0.05) is 23.5 Å². The Hall–Kier alpha value is -0.980. The van der Waals surface area contributed by atoms with Gasteiger partial charge in [-0.05, 0) is 39.7 Å².